The molecule has 0 aliphatic heterocycles. The molecule has 2 saturated carbocycles. The minimum atomic E-state index is -3.99. The summed E-state index contributed by atoms with van der Waals surface area (Å²) in [6.45, 7) is 2.26. The normalized spacial score (nSPS) is 35.8. The van der Waals surface area contributed by atoms with Crippen molar-refractivity contribution >= 4 is 16.0 Å². The first-order chi connectivity index (χ1) is 11.8. The molecule has 1 aromatic carbocycles. The highest BCUT2D eigenvalue weighted by atomic mass is 32.2. The molecule has 4 rings (SSSR count). The van der Waals surface area contributed by atoms with Gasteiger partial charge in [-0.2, -0.15) is 13.6 Å². The molecule has 6 nitrogen and oxygen atoms in total. The van der Waals surface area contributed by atoms with Crippen molar-refractivity contribution in [3.63, 3.8) is 0 Å². The van der Waals surface area contributed by atoms with Gasteiger partial charge in [-0.05, 0) is 79.5 Å². The third kappa shape index (κ3) is 2.73. The second-order valence-corrected chi connectivity index (χ2v) is 9.05. The second-order valence-electron chi connectivity index (χ2n) is 7.89. The predicted molar refractivity (Wildman–Crippen MR) is 94.0 cm³/mol. The topological polar surface area (TPSA) is 102 Å². The predicted octanol–water partition coefficient (Wildman–Crippen LogP) is 2.96. The van der Waals surface area contributed by atoms with E-state index in [1.54, 1.807) is 6.07 Å². The Kier molecular flexibility index (Phi) is 3.85. The van der Waals surface area contributed by atoms with Crippen LogP contribution < -0.4 is 9.32 Å². The molecule has 3 N–H and O–H groups in total. The van der Waals surface area contributed by atoms with E-state index in [4.69, 9.17) is 9.32 Å². The number of oxime groups is 1. The van der Waals surface area contributed by atoms with Crippen molar-refractivity contribution in [2.75, 3.05) is 0 Å². The molecule has 0 bridgehead atoms. The van der Waals surface area contributed by atoms with E-state index < -0.39 is 10.3 Å². The van der Waals surface area contributed by atoms with Crippen molar-refractivity contribution in [3.05, 3.63) is 29.3 Å². The molecule has 0 heterocycles. The number of nitrogens with two attached hydrogens (primary N) is 1. The molecule has 3 unspecified atom stereocenters. The average Bonchev–Trinajstić information content (AvgIpc) is 2.89. The van der Waals surface area contributed by atoms with Crippen molar-refractivity contribution in [1.82, 2.24) is 0 Å². The molecular formula is C18H24N2O4S. The van der Waals surface area contributed by atoms with Gasteiger partial charge in [-0.15, -0.1) is 0 Å². The van der Waals surface area contributed by atoms with Gasteiger partial charge in [-0.3, -0.25) is 0 Å². The van der Waals surface area contributed by atoms with Gasteiger partial charge in [0.25, 0.3) is 0 Å². The maximum Gasteiger partial charge on any atom is 0.380 e. The summed E-state index contributed by atoms with van der Waals surface area (Å²) in [7, 11) is -3.99. The van der Waals surface area contributed by atoms with Crippen LogP contribution in [0.4, 0.5) is 0 Å². The highest BCUT2D eigenvalue weighted by Crippen LogP contribution is 2.59. The monoisotopic (exact) mass is 364 g/mol. The van der Waals surface area contributed by atoms with Crippen molar-refractivity contribution in [1.29, 1.82) is 0 Å². The first-order valence-corrected chi connectivity index (χ1v) is 10.4. The molecule has 0 amide bonds. The zero-order valence-electron chi connectivity index (χ0n) is 14.3. The standard InChI is InChI=1S/C18H24N2O4S/c1-18-9-8-14-13-5-3-12(24-25(19,22)23)10-11(13)2-4-15(14)16(18)6-7-17(18)20-21/h3,5,10,14-16,21H,2,4,6-9H2,1H3,(H2,19,22,23)/b20-17+/t14?,15?,16?,18-/m0/s1. The Morgan fingerprint density at radius 1 is 1.28 bits per heavy atom. The molecule has 3 aliphatic carbocycles. The van der Waals surface area contributed by atoms with Crippen LogP contribution in [-0.4, -0.2) is 19.3 Å². The van der Waals surface area contributed by atoms with E-state index in [-0.39, 0.29) is 11.2 Å². The Morgan fingerprint density at radius 2 is 2.08 bits per heavy atom. The van der Waals surface area contributed by atoms with E-state index in [0.29, 0.717) is 17.8 Å². The fraction of sp³-hybridized carbons (Fsp3) is 0.611. The van der Waals surface area contributed by atoms with E-state index in [2.05, 4.69) is 12.1 Å². The number of nitrogens with zero attached hydrogens (tertiary/aromatic N) is 1. The van der Waals surface area contributed by atoms with Crippen LogP contribution in [0.5, 0.6) is 5.75 Å². The lowest BCUT2D eigenvalue weighted by Gasteiger charge is -2.48. The largest absolute Gasteiger partial charge is 0.411 e. The summed E-state index contributed by atoms with van der Waals surface area (Å²) in [6, 6.07) is 5.53. The average molecular weight is 364 g/mol. The van der Waals surface area contributed by atoms with Gasteiger partial charge in [0.15, 0.2) is 0 Å². The molecule has 0 saturated heterocycles. The Balaban J connectivity index is 1.64. The number of hydrogen-bond donors (Lipinski definition) is 2. The maximum atomic E-state index is 11.1. The zero-order valence-corrected chi connectivity index (χ0v) is 15.1. The van der Waals surface area contributed by atoms with E-state index in [1.807, 2.05) is 12.1 Å². The molecule has 7 heteroatoms. The van der Waals surface area contributed by atoms with Crippen molar-refractivity contribution in [2.45, 2.75) is 51.4 Å². The van der Waals surface area contributed by atoms with Gasteiger partial charge in [0, 0.05) is 5.41 Å². The van der Waals surface area contributed by atoms with Crippen LogP contribution in [0.2, 0.25) is 0 Å². The van der Waals surface area contributed by atoms with E-state index in [9.17, 15) is 13.6 Å². The molecule has 1 aromatic rings. The molecule has 25 heavy (non-hydrogen) atoms. The summed E-state index contributed by atoms with van der Waals surface area (Å²) in [5.41, 5.74) is 3.48. The van der Waals surface area contributed by atoms with E-state index in [0.717, 1.165) is 44.2 Å². The minimum absolute atomic E-state index is 0.0318. The molecule has 136 valence electrons. The summed E-state index contributed by atoms with van der Waals surface area (Å²) in [5.74, 6) is 1.93. The van der Waals surface area contributed by atoms with Crippen LogP contribution in [0.1, 0.15) is 56.1 Å². The Hall–Kier alpha value is -1.60. The molecule has 0 aromatic heterocycles. The van der Waals surface area contributed by atoms with Gasteiger partial charge in [-0.25, -0.2) is 0 Å². The molecule has 2 fully saturated rings. The highest BCUT2D eigenvalue weighted by Gasteiger charge is 2.53. The lowest BCUT2D eigenvalue weighted by molar-refractivity contribution is 0.0938. The number of aryl methyl sites for hydroxylation is 1. The highest BCUT2D eigenvalue weighted by molar-refractivity contribution is 7.84. The lowest BCUT2D eigenvalue weighted by Crippen LogP contribution is -2.42. The van der Waals surface area contributed by atoms with Crippen LogP contribution >= 0.6 is 0 Å². The maximum absolute atomic E-state index is 11.1. The van der Waals surface area contributed by atoms with Crippen LogP contribution in [-0.2, 0) is 16.7 Å². The summed E-state index contributed by atoms with van der Waals surface area (Å²) in [4.78, 5) is 0. The molecular weight excluding hydrogens is 340 g/mol. The fourth-order valence-electron chi connectivity index (χ4n) is 5.70. The summed E-state index contributed by atoms with van der Waals surface area (Å²) < 4.78 is 27.1. The van der Waals surface area contributed by atoms with Gasteiger partial charge < -0.3 is 9.39 Å². The van der Waals surface area contributed by atoms with E-state index in [1.165, 1.54) is 11.1 Å². The van der Waals surface area contributed by atoms with Gasteiger partial charge in [-0.1, -0.05) is 18.1 Å². The van der Waals surface area contributed by atoms with E-state index >= 15 is 0 Å². The number of benzene rings is 1. The lowest BCUT2D eigenvalue weighted by atomic mass is 9.55. The van der Waals surface area contributed by atoms with Gasteiger partial charge in [0.05, 0.1) is 5.71 Å². The minimum Gasteiger partial charge on any atom is -0.411 e. The van der Waals surface area contributed by atoms with Crippen molar-refractivity contribution < 1.29 is 17.8 Å². The number of rotatable bonds is 2. The first-order valence-electron chi connectivity index (χ1n) is 8.88. The number of fused-ring (bicyclic) bond motifs is 5. The molecule has 3 aliphatic rings. The van der Waals surface area contributed by atoms with Gasteiger partial charge in [0.2, 0.25) is 0 Å². The molecule has 4 atom stereocenters. The van der Waals surface area contributed by atoms with Gasteiger partial charge >= 0.3 is 10.3 Å². The zero-order chi connectivity index (χ0) is 17.8. The Morgan fingerprint density at radius 3 is 2.80 bits per heavy atom. The smallest absolute Gasteiger partial charge is 0.380 e. The van der Waals surface area contributed by atoms with Crippen molar-refractivity contribution in [2.24, 2.45) is 27.5 Å². The van der Waals surface area contributed by atoms with Crippen LogP contribution in [0.25, 0.3) is 0 Å². The van der Waals surface area contributed by atoms with Crippen LogP contribution in [0, 0.1) is 17.3 Å². The van der Waals surface area contributed by atoms with Crippen LogP contribution in [0.3, 0.4) is 0 Å². The summed E-state index contributed by atoms with van der Waals surface area (Å²) in [6.07, 6.45) is 6.09. The quantitative estimate of drug-likeness (QED) is 0.622. The summed E-state index contributed by atoms with van der Waals surface area (Å²) in [5, 5.41) is 17.9. The third-order valence-corrected chi connectivity index (χ3v) is 7.20. The first kappa shape index (κ1) is 16.8. The molecule has 0 radical (unpaired) electrons. The fourth-order valence-corrected chi connectivity index (χ4v) is 6.07. The Labute approximate surface area is 148 Å². The summed E-state index contributed by atoms with van der Waals surface area (Å²) >= 11 is 0. The van der Waals surface area contributed by atoms with Crippen LogP contribution in [0.15, 0.2) is 23.4 Å². The second kappa shape index (κ2) is 5.71. The number of hydrogen-bond acceptors (Lipinski definition) is 5. The van der Waals surface area contributed by atoms with Crippen molar-refractivity contribution in [3.8, 4) is 5.75 Å². The van der Waals surface area contributed by atoms with Gasteiger partial charge in [0.1, 0.15) is 5.75 Å². The third-order valence-electron chi connectivity index (χ3n) is 6.77. The Bertz CT molecular complexity index is 835. The molecule has 0 spiro atoms. The SMILES string of the molecule is C[C@]12CCC3c4ccc(OS(N)(=O)=O)cc4CCC3C1CC/C2=N\O.